The van der Waals surface area contributed by atoms with Crippen LogP contribution < -0.4 is 0 Å². The van der Waals surface area contributed by atoms with E-state index in [4.69, 9.17) is 19.4 Å². The van der Waals surface area contributed by atoms with Crippen molar-refractivity contribution < 1.29 is 4.42 Å². The van der Waals surface area contributed by atoms with Gasteiger partial charge in [-0.25, -0.2) is 15.0 Å². The second-order valence-electron chi connectivity index (χ2n) is 15.6. The van der Waals surface area contributed by atoms with Crippen LogP contribution in [0.3, 0.4) is 0 Å². The van der Waals surface area contributed by atoms with E-state index in [9.17, 15) is 0 Å². The molecule has 0 aliphatic heterocycles. The first kappa shape index (κ1) is 34.8. The minimum absolute atomic E-state index is 0.587. The van der Waals surface area contributed by atoms with Gasteiger partial charge in [0.1, 0.15) is 11.2 Å². The molecule has 0 fully saturated rings. The molecule has 4 heteroatoms. The van der Waals surface area contributed by atoms with Crippen molar-refractivity contribution in [3.8, 4) is 67.5 Å². The molecular formula is C57H35N3O. The Balaban J connectivity index is 0.920. The quantitative estimate of drug-likeness (QED) is 0.158. The van der Waals surface area contributed by atoms with Crippen molar-refractivity contribution in [1.82, 2.24) is 15.0 Å². The Kier molecular flexibility index (Phi) is 8.13. The van der Waals surface area contributed by atoms with Crippen LogP contribution in [0.5, 0.6) is 0 Å². The molecule has 0 spiro atoms. The average molecular weight is 778 g/mol. The number of hydrogen-bond acceptors (Lipinski definition) is 4. The van der Waals surface area contributed by atoms with Gasteiger partial charge < -0.3 is 4.42 Å². The molecular weight excluding hydrogens is 743 g/mol. The lowest BCUT2D eigenvalue weighted by atomic mass is 9.91. The first-order chi connectivity index (χ1) is 30.2. The highest BCUT2D eigenvalue weighted by Gasteiger charge is 2.16. The van der Waals surface area contributed by atoms with E-state index in [1.54, 1.807) is 0 Å². The van der Waals surface area contributed by atoms with E-state index in [-0.39, 0.29) is 0 Å². The van der Waals surface area contributed by atoms with Gasteiger partial charge in [0.05, 0.1) is 0 Å². The van der Waals surface area contributed by atoms with Gasteiger partial charge in [-0.15, -0.1) is 0 Å². The van der Waals surface area contributed by atoms with Gasteiger partial charge in [0.15, 0.2) is 17.5 Å². The van der Waals surface area contributed by atoms with Gasteiger partial charge in [0, 0.05) is 27.5 Å². The first-order valence-electron chi connectivity index (χ1n) is 20.6. The highest BCUT2D eigenvalue weighted by Crippen LogP contribution is 2.39. The van der Waals surface area contributed by atoms with Crippen LogP contribution in [0.15, 0.2) is 217 Å². The molecule has 0 amide bonds. The van der Waals surface area contributed by atoms with Crippen molar-refractivity contribution in [2.75, 3.05) is 0 Å². The highest BCUT2D eigenvalue weighted by atomic mass is 16.3. The Labute approximate surface area is 352 Å². The topological polar surface area (TPSA) is 51.8 Å². The van der Waals surface area contributed by atoms with E-state index < -0.39 is 0 Å². The minimum atomic E-state index is 0.587. The summed E-state index contributed by atoms with van der Waals surface area (Å²) < 4.78 is 6.53. The van der Waals surface area contributed by atoms with Crippen molar-refractivity contribution in [3.05, 3.63) is 212 Å². The van der Waals surface area contributed by atoms with Crippen LogP contribution in [-0.2, 0) is 0 Å². The van der Waals surface area contributed by atoms with Gasteiger partial charge >= 0.3 is 0 Å². The average Bonchev–Trinajstić information content (AvgIpc) is 3.72. The molecule has 0 saturated carbocycles. The van der Waals surface area contributed by atoms with Crippen molar-refractivity contribution in [2.24, 2.45) is 0 Å². The molecule has 0 aliphatic rings. The summed E-state index contributed by atoms with van der Waals surface area (Å²) in [6.07, 6.45) is 0. The van der Waals surface area contributed by atoms with Gasteiger partial charge in [-0.2, -0.15) is 0 Å². The normalized spacial score (nSPS) is 11.6. The molecule has 284 valence electrons. The molecule has 0 N–H and O–H groups in total. The third-order valence-electron chi connectivity index (χ3n) is 11.9. The van der Waals surface area contributed by atoms with Crippen molar-refractivity contribution in [1.29, 1.82) is 0 Å². The lowest BCUT2D eigenvalue weighted by Crippen LogP contribution is -2.00. The van der Waals surface area contributed by atoms with Gasteiger partial charge in [-0.05, 0) is 108 Å². The predicted octanol–water partition coefficient (Wildman–Crippen LogP) is 15.2. The summed E-state index contributed by atoms with van der Waals surface area (Å²) in [4.78, 5) is 15.1. The third-order valence-corrected chi connectivity index (χ3v) is 11.9. The fraction of sp³-hybridized carbons (Fsp3) is 0. The number of aromatic nitrogens is 3. The maximum atomic E-state index is 6.53. The Morgan fingerprint density at radius 1 is 0.213 bits per heavy atom. The molecule has 10 aromatic carbocycles. The highest BCUT2D eigenvalue weighted by molar-refractivity contribution is 6.25. The standard InChI is InChI=1S/C57H35N3O/c1-3-13-36(14-4-1)38-17-12-20-43(32-38)56-58-55(37-15-5-2-6-16-37)59-57(60-56)44-26-29-50-52-34-42(27-30-53(52)61-54(50)35-44)40-19-11-18-39(31-40)41-25-28-49-47-23-8-7-21-45(47)46-22-9-10-24-48(46)51(49)33-41/h1-35H. The van der Waals surface area contributed by atoms with Crippen LogP contribution in [0.25, 0.3) is 122 Å². The Bertz CT molecular complexity index is 3610. The third kappa shape index (κ3) is 6.12. The summed E-state index contributed by atoms with van der Waals surface area (Å²) >= 11 is 0. The van der Waals surface area contributed by atoms with Crippen LogP contribution in [0, 0.1) is 0 Å². The van der Waals surface area contributed by atoms with Gasteiger partial charge in [-0.1, -0.05) is 170 Å². The summed E-state index contributed by atoms with van der Waals surface area (Å²) in [7, 11) is 0. The van der Waals surface area contributed by atoms with E-state index in [0.717, 1.165) is 60.9 Å². The number of furan rings is 1. The van der Waals surface area contributed by atoms with Crippen LogP contribution in [0.2, 0.25) is 0 Å². The van der Waals surface area contributed by atoms with Crippen LogP contribution in [0.1, 0.15) is 0 Å². The van der Waals surface area contributed by atoms with Crippen molar-refractivity contribution in [2.45, 2.75) is 0 Å². The molecule has 61 heavy (non-hydrogen) atoms. The zero-order valence-corrected chi connectivity index (χ0v) is 33.0. The first-order valence-corrected chi connectivity index (χ1v) is 20.6. The smallest absolute Gasteiger partial charge is 0.164 e. The van der Waals surface area contributed by atoms with Gasteiger partial charge in [0.25, 0.3) is 0 Å². The zero-order chi connectivity index (χ0) is 40.3. The fourth-order valence-electron chi connectivity index (χ4n) is 8.88. The lowest BCUT2D eigenvalue weighted by molar-refractivity contribution is 0.669. The molecule has 0 bridgehead atoms. The molecule has 0 radical (unpaired) electrons. The van der Waals surface area contributed by atoms with E-state index >= 15 is 0 Å². The van der Waals surface area contributed by atoms with Crippen LogP contribution in [-0.4, -0.2) is 15.0 Å². The van der Waals surface area contributed by atoms with E-state index in [2.05, 4.69) is 176 Å². The summed E-state index contributed by atoms with van der Waals surface area (Å²) in [5, 5.41) is 9.77. The molecule has 2 aromatic heterocycles. The fourth-order valence-corrected chi connectivity index (χ4v) is 8.88. The SMILES string of the molecule is c1ccc(-c2cccc(-c3nc(-c4ccccc4)nc(-c4ccc5c(c4)oc4ccc(-c6cccc(-c7ccc8c9ccccc9c9ccccc9c8c7)c6)cc45)n3)c2)cc1. The Morgan fingerprint density at radius 2 is 0.607 bits per heavy atom. The van der Waals surface area contributed by atoms with E-state index in [1.807, 2.05) is 36.4 Å². The molecule has 0 aliphatic carbocycles. The number of hydrogen-bond donors (Lipinski definition) is 0. The Hall–Kier alpha value is -8.21. The largest absolute Gasteiger partial charge is 0.456 e. The van der Waals surface area contributed by atoms with Crippen LogP contribution in [0.4, 0.5) is 0 Å². The summed E-state index contributed by atoms with van der Waals surface area (Å²) in [6, 6.07) is 74.8. The number of rotatable bonds is 6. The molecule has 4 nitrogen and oxygen atoms in total. The number of fused-ring (bicyclic) bond motifs is 9. The zero-order valence-electron chi connectivity index (χ0n) is 33.0. The minimum Gasteiger partial charge on any atom is -0.456 e. The molecule has 0 atom stereocenters. The van der Waals surface area contributed by atoms with Gasteiger partial charge in [0.2, 0.25) is 0 Å². The summed E-state index contributed by atoms with van der Waals surface area (Å²) in [5.41, 5.74) is 11.2. The van der Waals surface area contributed by atoms with Gasteiger partial charge in [-0.3, -0.25) is 0 Å². The summed E-state index contributed by atoms with van der Waals surface area (Å²) in [5.74, 6) is 1.82. The molecule has 0 saturated heterocycles. The van der Waals surface area contributed by atoms with Crippen LogP contribution >= 0.6 is 0 Å². The van der Waals surface area contributed by atoms with E-state index in [0.29, 0.717) is 17.5 Å². The molecule has 2 heterocycles. The Morgan fingerprint density at radius 3 is 1.25 bits per heavy atom. The number of nitrogens with zero attached hydrogens (tertiary/aromatic N) is 3. The predicted molar refractivity (Wildman–Crippen MR) is 252 cm³/mol. The monoisotopic (exact) mass is 777 g/mol. The maximum absolute atomic E-state index is 6.53. The molecule has 12 aromatic rings. The second kappa shape index (κ2) is 14.3. The van der Waals surface area contributed by atoms with Crippen molar-refractivity contribution >= 4 is 54.3 Å². The number of benzene rings is 10. The molecule has 12 rings (SSSR count). The lowest BCUT2D eigenvalue weighted by Gasteiger charge is -2.12. The second-order valence-corrected chi connectivity index (χ2v) is 15.6. The summed E-state index contributed by atoms with van der Waals surface area (Å²) in [6.45, 7) is 0. The molecule has 0 unspecified atom stereocenters. The van der Waals surface area contributed by atoms with Crippen molar-refractivity contribution in [3.63, 3.8) is 0 Å². The van der Waals surface area contributed by atoms with E-state index in [1.165, 1.54) is 43.4 Å². The maximum Gasteiger partial charge on any atom is 0.164 e.